The van der Waals surface area contributed by atoms with Crippen LogP contribution in [0.2, 0.25) is 19.6 Å². The Balaban J connectivity index is 1.63. The first kappa shape index (κ1) is 20.5. The molecular weight excluding hydrogens is 364 g/mol. The van der Waals surface area contributed by atoms with Gasteiger partial charge in [0.15, 0.2) is 5.78 Å². The second-order valence-corrected chi connectivity index (χ2v) is 16.7. The number of allylic oxidation sites excluding steroid dienone is 2. The van der Waals surface area contributed by atoms with Crippen molar-refractivity contribution < 1.29 is 14.7 Å². The molecule has 0 spiro atoms. The van der Waals surface area contributed by atoms with E-state index in [1.54, 1.807) is 5.20 Å². The van der Waals surface area contributed by atoms with Crippen LogP contribution in [0.4, 0.5) is 0 Å². The molecular formula is C24H38O3Si. The predicted molar refractivity (Wildman–Crippen MR) is 115 cm³/mol. The van der Waals surface area contributed by atoms with Gasteiger partial charge in [0.25, 0.3) is 0 Å². The molecule has 0 aromatic carbocycles. The predicted octanol–water partition coefficient (Wildman–Crippen LogP) is 4.80. The summed E-state index contributed by atoms with van der Waals surface area (Å²) >= 11 is 0. The molecule has 0 aliphatic heterocycles. The van der Waals surface area contributed by atoms with Crippen LogP contribution in [0.1, 0.15) is 58.3 Å². The van der Waals surface area contributed by atoms with Crippen LogP contribution in [-0.2, 0) is 9.59 Å². The molecule has 156 valence electrons. The molecule has 7 atom stereocenters. The third-order valence-electron chi connectivity index (χ3n) is 9.64. The van der Waals surface area contributed by atoms with Crippen molar-refractivity contribution in [2.75, 3.05) is 6.61 Å². The van der Waals surface area contributed by atoms with Crippen LogP contribution in [0.25, 0.3) is 0 Å². The fourth-order valence-corrected chi connectivity index (χ4v) is 9.59. The van der Waals surface area contributed by atoms with Gasteiger partial charge in [-0.3, -0.25) is 4.79 Å². The van der Waals surface area contributed by atoms with Crippen molar-refractivity contribution >= 4 is 20.1 Å². The van der Waals surface area contributed by atoms with E-state index in [4.69, 9.17) is 0 Å². The smallest absolute Gasteiger partial charge is 0.162 e. The van der Waals surface area contributed by atoms with E-state index in [1.807, 2.05) is 0 Å². The summed E-state index contributed by atoms with van der Waals surface area (Å²) in [5.41, 5.74) is -0.127. The number of Topliss-reactive ketones (excluding diaryl/α,β-unsaturated/α-hetero) is 1. The number of aliphatic hydroxyl groups excluding tert-OH is 1. The summed E-state index contributed by atoms with van der Waals surface area (Å²) in [5, 5.41) is 11.2. The third-order valence-corrected chi connectivity index (χ3v) is 12.0. The number of aliphatic hydroxyl groups is 1. The van der Waals surface area contributed by atoms with E-state index in [0.717, 1.165) is 37.9 Å². The molecule has 28 heavy (non-hydrogen) atoms. The Hall–Kier alpha value is -0.743. The first-order valence-electron chi connectivity index (χ1n) is 11.5. The standard InChI is InChI=1S/C24H38O3Si/c1-23-11-9-17(28(2,3)4)13-16(23)5-6-18-19(23)10-12-24(15-26)20(18)7-8-21(24)22(27)14-25/h9,15-16,18-21,25H,5-8,10-14H2,1-4H3/t16?,18-,19+,20+,21-,23+,24-/m1/s1. The molecule has 0 bridgehead atoms. The van der Waals surface area contributed by atoms with Crippen molar-refractivity contribution in [1.29, 1.82) is 0 Å². The number of ketones is 1. The number of carbonyl (C=O) groups is 2. The van der Waals surface area contributed by atoms with Gasteiger partial charge < -0.3 is 9.90 Å². The van der Waals surface area contributed by atoms with Crippen LogP contribution < -0.4 is 0 Å². The summed E-state index contributed by atoms with van der Waals surface area (Å²) in [6, 6.07) is 0. The zero-order chi connectivity index (χ0) is 20.3. The van der Waals surface area contributed by atoms with Gasteiger partial charge in [-0.15, -0.1) is 0 Å². The Morgan fingerprint density at radius 2 is 1.93 bits per heavy atom. The van der Waals surface area contributed by atoms with Gasteiger partial charge in [-0.25, -0.2) is 0 Å². The first-order valence-corrected chi connectivity index (χ1v) is 15.0. The number of carbonyl (C=O) groups excluding carboxylic acids is 2. The Bertz CT molecular complexity index is 692. The molecule has 1 N–H and O–H groups in total. The molecule has 0 amide bonds. The SMILES string of the molecule is C[C@]12CC=C([Si](C)(C)C)CC1CC[C@H]1[C@@H]3CC[C@H](C(=O)CO)[C@@]3(C=O)CC[C@@H]12. The average molecular weight is 403 g/mol. The molecule has 0 aromatic rings. The highest BCUT2D eigenvalue weighted by Gasteiger charge is 2.62. The Kier molecular flexibility index (Phi) is 5.06. The van der Waals surface area contributed by atoms with E-state index in [9.17, 15) is 14.7 Å². The van der Waals surface area contributed by atoms with E-state index in [1.165, 1.54) is 25.7 Å². The minimum absolute atomic E-state index is 0.103. The topological polar surface area (TPSA) is 54.4 Å². The highest BCUT2D eigenvalue weighted by atomic mass is 28.3. The van der Waals surface area contributed by atoms with Gasteiger partial charge in [-0.05, 0) is 80.5 Å². The van der Waals surface area contributed by atoms with Crippen LogP contribution >= 0.6 is 0 Å². The number of hydrogen-bond donors (Lipinski definition) is 1. The van der Waals surface area contributed by atoms with Crippen LogP contribution in [0, 0.1) is 40.4 Å². The molecule has 3 nitrogen and oxygen atoms in total. The fourth-order valence-electron chi connectivity index (χ4n) is 8.02. The zero-order valence-electron chi connectivity index (χ0n) is 18.2. The number of rotatable bonds is 4. The van der Waals surface area contributed by atoms with Crippen LogP contribution in [-0.4, -0.2) is 31.9 Å². The largest absolute Gasteiger partial charge is 0.389 e. The zero-order valence-corrected chi connectivity index (χ0v) is 19.2. The number of aldehydes is 1. The maximum absolute atomic E-state index is 12.4. The maximum Gasteiger partial charge on any atom is 0.162 e. The minimum atomic E-state index is -1.22. The lowest BCUT2D eigenvalue weighted by Gasteiger charge is -2.60. The highest BCUT2D eigenvalue weighted by molar-refractivity contribution is 6.83. The van der Waals surface area contributed by atoms with Crippen molar-refractivity contribution in [3.8, 4) is 0 Å². The van der Waals surface area contributed by atoms with Crippen LogP contribution in [0.5, 0.6) is 0 Å². The molecule has 0 aromatic heterocycles. The van der Waals surface area contributed by atoms with Crippen molar-refractivity contribution in [1.82, 2.24) is 0 Å². The lowest BCUT2D eigenvalue weighted by molar-refractivity contribution is -0.146. The van der Waals surface area contributed by atoms with Gasteiger partial charge in [0.05, 0.1) is 8.07 Å². The maximum atomic E-state index is 12.4. The molecule has 3 saturated carbocycles. The van der Waals surface area contributed by atoms with Gasteiger partial charge >= 0.3 is 0 Å². The van der Waals surface area contributed by atoms with Crippen molar-refractivity contribution in [2.24, 2.45) is 40.4 Å². The molecule has 4 rings (SSSR count). The lowest BCUT2D eigenvalue weighted by atomic mass is 9.45. The molecule has 3 fully saturated rings. The van der Waals surface area contributed by atoms with Crippen molar-refractivity contribution in [3.05, 3.63) is 11.3 Å². The van der Waals surface area contributed by atoms with Gasteiger partial charge in [0.2, 0.25) is 0 Å². The second-order valence-electron chi connectivity index (χ2n) is 11.6. The Morgan fingerprint density at radius 3 is 2.57 bits per heavy atom. The highest BCUT2D eigenvalue weighted by Crippen LogP contribution is 2.67. The normalized spacial score (nSPS) is 45.5. The Morgan fingerprint density at radius 1 is 1.18 bits per heavy atom. The molecule has 0 radical (unpaired) electrons. The summed E-state index contributed by atoms with van der Waals surface area (Å²) in [5.74, 6) is 2.07. The van der Waals surface area contributed by atoms with E-state index >= 15 is 0 Å². The molecule has 4 aliphatic rings. The number of fused-ring (bicyclic) bond motifs is 5. The van der Waals surface area contributed by atoms with E-state index < -0.39 is 20.1 Å². The van der Waals surface area contributed by atoms with Gasteiger partial charge in [0, 0.05) is 11.3 Å². The summed E-state index contributed by atoms with van der Waals surface area (Å²) in [6.45, 7) is 9.55. The average Bonchev–Trinajstić information content (AvgIpc) is 3.06. The monoisotopic (exact) mass is 402 g/mol. The minimum Gasteiger partial charge on any atom is -0.389 e. The van der Waals surface area contributed by atoms with Crippen LogP contribution in [0.15, 0.2) is 11.3 Å². The molecule has 0 heterocycles. The molecule has 0 saturated heterocycles. The summed E-state index contributed by atoms with van der Waals surface area (Å²) in [6.07, 6.45) is 12.5. The summed E-state index contributed by atoms with van der Waals surface area (Å²) in [4.78, 5) is 24.7. The van der Waals surface area contributed by atoms with Crippen molar-refractivity contribution in [2.45, 2.75) is 77.9 Å². The Labute approximate surface area is 171 Å². The summed E-state index contributed by atoms with van der Waals surface area (Å²) < 4.78 is 0. The first-order chi connectivity index (χ1) is 13.2. The second kappa shape index (κ2) is 6.90. The quantitative estimate of drug-likeness (QED) is 0.543. The van der Waals surface area contributed by atoms with E-state index in [2.05, 4.69) is 32.6 Å². The summed E-state index contributed by atoms with van der Waals surface area (Å²) in [7, 11) is -1.22. The molecule has 4 heteroatoms. The molecule has 1 unspecified atom stereocenters. The third kappa shape index (κ3) is 2.85. The van der Waals surface area contributed by atoms with Gasteiger partial charge in [-0.1, -0.05) is 37.8 Å². The van der Waals surface area contributed by atoms with Gasteiger partial charge in [0.1, 0.15) is 12.9 Å². The molecule has 4 aliphatic carbocycles. The lowest BCUT2D eigenvalue weighted by Crippen LogP contribution is -2.54. The van der Waals surface area contributed by atoms with Crippen LogP contribution in [0.3, 0.4) is 0 Å². The van der Waals surface area contributed by atoms with Gasteiger partial charge in [-0.2, -0.15) is 0 Å². The van der Waals surface area contributed by atoms with E-state index in [-0.39, 0.29) is 11.7 Å². The van der Waals surface area contributed by atoms with Crippen molar-refractivity contribution in [3.63, 3.8) is 0 Å². The number of hydrogen-bond acceptors (Lipinski definition) is 3. The van der Waals surface area contributed by atoms with E-state index in [0.29, 0.717) is 23.2 Å². The fraction of sp³-hybridized carbons (Fsp3) is 0.833.